The molecule has 0 unspecified atom stereocenters. The largest absolute Gasteiger partial charge is 0.294 e. The van der Waals surface area contributed by atoms with E-state index in [1.807, 2.05) is 51.1 Å². The number of aromatic nitrogens is 2. The Labute approximate surface area is 147 Å². The molecule has 2 aromatic carbocycles. The van der Waals surface area contributed by atoms with Crippen LogP contribution in [0.5, 0.6) is 0 Å². The zero-order valence-corrected chi connectivity index (χ0v) is 14.2. The Hall–Kier alpha value is -2.61. The molecule has 2 heteroatoms. The normalized spacial score (nSPS) is 14.5. The van der Waals surface area contributed by atoms with Crippen LogP contribution in [0.2, 0.25) is 0 Å². The van der Waals surface area contributed by atoms with Gasteiger partial charge in [0.2, 0.25) is 0 Å². The molecule has 0 atom stereocenters. The molecule has 0 N–H and O–H groups in total. The molecule has 0 aliphatic rings. The Morgan fingerprint density at radius 2 is 1.42 bits per heavy atom. The molecule has 0 aliphatic heterocycles. The summed E-state index contributed by atoms with van der Waals surface area (Å²) in [5.74, 6) is 0.741. The lowest BCUT2D eigenvalue weighted by Gasteiger charge is -2.21. The lowest BCUT2D eigenvalue weighted by Crippen LogP contribution is -2.16. The molecular weight excluding hydrogens is 292 g/mol. The van der Waals surface area contributed by atoms with Gasteiger partial charge in [0.25, 0.3) is 0 Å². The third-order valence-corrected chi connectivity index (χ3v) is 4.40. The highest BCUT2D eigenvalue weighted by atomic mass is 15.1. The number of hydrogen-bond donors (Lipinski definition) is 0. The van der Waals surface area contributed by atoms with Crippen LogP contribution < -0.4 is 0 Å². The molecular formula is C22H22N2. The highest BCUT2D eigenvalue weighted by Crippen LogP contribution is 2.32. The lowest BCUT2D eigenvalue weighted by molar-refractivity contribution is 0.563. The van der Waals surface area contributed by atoms with E-state index in [-0.39, 0.29) is 5.41 Å². The van der Waals surface area contributed by atoms with Gasteiger partial charge >= 0.3 is 0 Å². The highest BCUT2D eigenvalue weighted by Gasteiger charge is 2.20. The molecule has 0 aliphatic carbocycles. The van der Waals surface area contributed by atoms with E-state index in [0.717, 1.165) is 27.6 Å². The van der Waals surface area contributed by atoms with Gasteiger partial charge in [0, 0.05) is 20.3 Å². The summed E-state index contributed by atoms with van der Waals surface area (Å²) in [4.78, 5) is 4.86. The van der Waals surface area contributed by atoms with Crippen molar-refractivity contribution in [2.75, 3.05) is 0 Å². The first-order valence-electron chi connectivity index (χ1n) is 9.68. The van der Waals surface area contributed by atoms with Crippen molar-refractivity contribution in [2.45, 2.75) is 33.0 Å². The fraction of sp³-hybridized carbons (Fsp3) is 0.227. The molecule has 24 heavy (non-hydrogen) atoms. The summed E-state index contributed by atoms with van der Waals surface area (Å²) in [5.41, 5.74) is 2.68. The van der Waals surface area contributed by atoms with Crippen LogP contribution in [-0.2, 0) is 5.41 Å². The number of pyridine rings is 1. The van der Waals surface area contributed by atoms with Crippen LogP contribution in [0.25, 0.3) is 27.6 Å². The molecule has 0 radical (unpaired) electrons. The molecule has 2 heterocycles. The van der Waals surface area contributed by atoms with E-state index in [1.54, 1.807) is 6.07 Å². The number of nitrogens with zero attached hydrogens (tertiary/aromatic N) is 2. The minimum Gasteiger partial charge on any atom is -0.294 e. The van der Waals surface area contributed by atoms with Gasteiger partial charge in [-0.2, -0.15) is 0 Å². The topological polar surface area (TPSA) is 17.8 Å². The molecule has 0 saturated heterocycles. The van der Waals surface area contributed by atoms with E-state index in [4.69, 9.17) is 9.10 Å². The Balaban J connectivity index is 2.07. The van der Waals surface area contributed by atoms with Crippen molar-refractivity contribution in [3.63, 3.8) is 0 Å². The lowest BCUT2D eigenvalue weighted by atomic mass is 9.89. The molecule has 0 amide bonds. The summed E-state index contributed by atoms with van der Waals surface area (Å²) in [6.45, 7) is 3.82. The number of benzene rings is 2. The second-order valence-electron chi connectivity index (χ2n) is 7.19. The monoisotopic (exact) mass is 317 g/mol. The van der Waals surface area contributed by atoms with Crippen molar-refractivity contribution in [1.82, 2.24) is 9.55 Å². The zero-order valence-electron chi connectivity index (χ0n) is 17.2. The number of fused-ring (bicyclic) bond motifs is 3. The van der Waals surface area contributed by atoms with Crippen LogP contribution in [-0.4, -0.2) is 9.55 Å². The predicted molar refractivity (Wildman–Crippen MR) is 102 cm³/mol. The minimum atomic E-state index is -2.19. The van der Waals surface area contributed by atoms with Crippen LogP contribution in [0.4, 0.5) is 0 Å². The minimum absolute atomic E-state index is 0.319. The smallest absolute Gasteiger partial charge is 0.137 e. The number of hydrogen-bond acceptors (Lipinski definition) is 1. The van der Waals surface area contributed by atoms with Crippen molar-refractivity contribution >= 4 is 21.8 Å². The quantitative estimate of drug-likeness (QED) is 0.435. The van der Waals surface area contributed by atoms with Crippen molar-refractivity contribution in [3.05, 3.63) is 71.9 Å². The van der Waals surface area contributed by atoms with Gasteiger partial charge in [-0.25, -0.2) is 4.98 Å². The molecule has 0 spiro atoms. The Kier molecular flexibility index (Phi) is 2.57. The summed E-state index contributed by atoms with van der Waals surface area (Å²) in [5, 5.41) is 2.32. The Bertz CT molecular complexity index is 1090. The molecule has 120 valence electrons. The molecule has 0 saturated carbocycles. The standard InChI is InChI=1S/C22H22N2/c1-15-13-14-20(23-21(15)22(2,3)4)24-18-11-7-5-9-16(18)17-10-6-8-12-19(17)24/h5-14H,1-4H3/i1D3. The third kappa shape index (κ3) is 2.22. The average Bonchev–Trinajstić information content (AvgIpc) is 2.94. The summed E-state index contributed by atoms with van der Waals surface area (Å²) in [6.07, 6.45) is 0. The van der Waals surface area contributed by atoms with E-state index >= 15 is 0 Å². The van der Waals surface area contributed by atoms with Gasteiger partial charge in [0.05, 0.1) is 16.7 Å². The second kappa shape index (κ2) is 5.20. The van der Waals surface area contributed by atoms with E-state index < -0.39 is 6.85 Å². The van der Waals surface area contributed by atoms with Gasteiger partial charge in [0.15, 0.2) is 0 Å². The van der Waals surface area contributed by atoms with Gasteiger partial charge in [-0.3, -0.25) is 4.57 Å². The maximum absolute atomic E-state index is 7.89. The molecule has 4 aromatic rings. The fourth-order valence-corrected chi connectivity index (χ4v) is 3.31. The molecule has 4 rings (SSSR count). The van der Waals surface area contributed by atoms with Crippen LogP contribution in [0.3, 0.4) is 0 Å². The molecule has 0 fully saturated rings. The van der Waals surface area contributed by atoms with Gasteiger partial charge in [-0.15, -0.1) is 0 Å². The SMILES string of the molecule is [2H]C([2H])([2H])c1ccc(-n2c3ccccc3c3ccccc32)nc1C(C)(C)C. The van der Waals surface area contributed by atoms with Gasteiger partial charge in [-0.1, -0.05) is 63.2 Å². The van der Waals surface area contributed by atoms with Crippen molar-refractivity contribution < 1.29 is 4.11 Å². The van der Waals surface area contributed by atoms with Crippen molar-refractivity contribution in [2.24, 2.45) is 0 Å². The summed E-state index contributed by atoms with van der Waals surface area (Å²) in [6, 6.07) is 20.0. The Morgan fingerprint density at radius 1 is 0.833 bits per heavy atom. The van der Waals surface area contributed by atoms with Crippen LogP contribution in [0.1, 0.15) is 36.1 Å². The second-order valence-corrected chi connectivity index (χ2v) is 7.19. The zero-order chi connectivity index (χ0) is 19.4. The van der Waals surface area contributed by atoms with Gasteiger partial charge in [-0.05, 0) is 30.6 Å². The average molecular weight is 317 g/mol. The third-order valence-electron chi connectivity index (χ3n) is 4.40. The van der Waals surface area contributed by atoms with Crippen LogP contribution in [0.15, 0.2) is 60.7 Å². The first-order valence-corrected chi connectivity index (χ1v) is 8.18. The molecule has 0 bridgehead atoms. The number of rotatable bonds is 1. The molecule has 2 nitrogen and oxygen atoms in total. The first kappa shape index (κ1) is 11.9. The highest BCUT2D eigenvalue weighted by molar-refractivity contribution is 6.09. The summed E-state index contributed by atoms with van der Waals surface area (Å²) < 4.78 is 25.8. The van der Waals surface area contributed by atoms with E-state index in [2.05, 4.69) is 28.8 Å². The Morgan fingerprint density at radius 3 is 1.96 bits per heavy atom. The van der Waals surface area contributed by atoms with E-state index in [0.29, 0.717) is 11.3 Å². The van der Waals surface area contributed by atoms with E-state index in [9.17, 15) is 0 Å². The number of para-hydroxylation sites is 2. The summed E-state index contributed by atoms with van der Waals surface area (Å²) in [7, 11) is 0. The first-order chi connectivity index (χ1) is 12.7. The molecule has 2 aromatic heterocycles. The summed E-state index contributed by atoms with van der Waals surface area (Å²) >= 11 is 0. The predicted octanol–water partition coefficient (Wildman–Crippen LogP) is 5.78. The maximum Gasteiger partial charge on any atom is 0.137 e. The maximum atomic E-state index is 7.89. The van der Waals surface area contributed by atoms with Gasteiger partial charge in [0.1, 0.15) is 5.82 Å². The van der Waals surface area contributed by atoms with Crippen molar-refractivity contribution in [3.8, 4) is 5.82 Å². The fourth-order valence-electron chi connectivity index (χ4n) is 3.31. The number of aryl methyl sites for hydroxylation is 1. The van der Waals surface area contributed by atoms with Crippen molar-refractivity contribution in [1.29, 1.82) is 0 Å². The van der Waals surface area contributed by atoms with E-state index in [1.165, 1.54) is 0 Å². The van der Waals surface area contributed by atoms with Crippen LogP contribution >= 0.6 is 0 Å². The van der Waals surface area contributed by atoms with Gasteiger partial charge < -0.3 is 0 Å². The van der Waals surface area contributed by atoms with Crippen LogP contribution in [0, 0.1) is 6.85 Å².